The topological polar surface area (TPSA) is 83.6 Å². The zero-order valence-electron chi connectivity index (χ0n) is 9.51. The molecule has 17 heavy (non-hydrogen) atoms. The zero-order valence-corrected chi connectivity index (χ0v) is 9.51. The first-order valence-corrected chi connectivity index (χ1v) is 5.39. The second-order valence-electron chi connectivity index (χ2n) is 4.23. The van der Waals surface area contributed by atoms with Gasteiger partial charge in [0.05, 0.1) is 5.92 Å². The zero-order chi connectivity index (χ0) is 12.6. The van der Waals surface area contributed by atoms with Crippen molar-refractivity contribution < 1.29 is 14.7 Å². The molecule has 90 valence electrons. The summed E-state index contributed by atoms with van der Waals surface area (Å²) >= 11 is 0. The number of carbonyl (C=O) groups is 2. The smallest absolute Gasteiger partial charge is 0.308 e. The van der Waals surface area contributed by atoms with Crippen molar-refractivity contribution in [2.24, 2.45) is 5.92 Å². The molecule has 1 aliphatic rings. The van der Waals surface area contributed by atoms with Crippen LogP contribution in [-0.2, 0) is 9.59 Å². The SMILES string of the molecule is Cc1c(N)cccc1N1C[C@@H](C(=O)O)CC1=O. The van der Waals surface area contributed by atoms with E-state index in [4.69, 9.17) is 10.8 Å². The monoisotopic (exact) mass is 234 g/mol. The Bertz CT molecular complexity index is 485. The second-order valence-corrected chi connectivity index (χ2v) is 4.23. The van der Waals surface area contributed by atoms with Crippen molar-refractivity contribution in [2.45, 2.75) is 13.3 Å². The largest absolute Gasteiger partial charge is 0.481 e. The number of hydrogen-bond donors (Lipinski definition) is 2. The molecule has 5 nitrogen and oxygen atoms in total. The molecule has 0 saturated carbocycles. The van der Waals surface area contributed by atoms with Gasteiger partial charge in [-0.15, -0.1) is 0 Å². The van der Waals surface area contributed by atoms with Crippen LogP contribution in [0.2, 0.25) is 0 Å². The van der Waals surface area contributed by atoms with E-state index in [1.165, 1.54) is 4.90 Å². The molecule has 0 bridgehead atoms. The van der Waals surface area contributed by atoms with E-state index in [2.05, 4.69) is 0 Å². The number of hydrogen-bond acceptors (Lipinski definition) is 3. The fourth-order valence-electron chi connectivity index (χ4n) is 2.04. The fraction of sp³-hybridized carbons (Fsp3) is 0.333. The summed E-state index contributed by atoms with van der Waals surface area (Å²) in [5, 5.41) is 8.92. The first-order valence-electron chi connectivity index (χ1n) is 5.39. The van der Waals surface area contributed by atoms with E-state index in [0.29, 0.717) is 11.4 Å². The molecule has 0 unspecified atom stereocenters. The second kappa shape index (κ2) is 4.08. The summed E-state index contributed by atoms with van der Waals surface area (Å²) in [6, 6.07) is 5.31. The summed E-state index contributed by atoms with van der Waals surface area (Å²) in [7, 11) is 0. The predicted octanol–water partition coefficient (Wildman–Crippen LogP) is 1.01. The first-order chi connectivity index (χ1) is 8.00. The van der Waals surface area contributed by atoms with Gasteiger partial charge in [-0.05, 0) is 24.6 Å². The van der Waals surface area contributed by atoms with Gasteiger partial charge in [0, 0.05) is 24.3 Å². The molecule has 1 fully saturated rings. The van der Waals surface area contributed by atoms with Gasteiger partial charge in [0.2, 0.25) is 5.91 Å². The lowest BCUT2D eigenvalue weighted by atomic mass is 10.1. The van der Waals surface area contributed by atoms with E-state index in [-0.39, 0.29) is 18.9 Å². The van der Waals surface area contributed by atoms with Gasteiger partial charge in [0.15, 0.2) is 0 Å². The van der Waals surface area contributed by atoms with Crippen LogP contribution in [0.4, 0.5) is 11.4 Å². The lowest BCUT2D eigenvalue weighted by Crippen LogP contribution is -2.26. The third-order valence-electron chi connectivity index (χ3n) is 3.11. The summed E-state index contributed by atoms with van der Waals surface area (Å²) in [6.45, 7) is 2.05. The van der Waals surface area contributed by atoms with E-state index in [1.807, 2.05) is 6.92 Å². The number of rotatable bonds is 2. The van der Waals surface area contributed by atoms with Crippen LogP contribution in [0.1, 0.15) is 12.0 Å². The maximum absolute atomic E-state index is 11.8. The van der Waals surface area contributed by atoms with E-state index in [0.717, 1.165) is 5.56 Å². The molecular weight excluding hydrogens is 220 g/mol. The molecule has 0 aliphatic carbocycles. The van der Waals surface area contributed by atoms with Crippen LogP contribution >= 0.6 is 0 Å². The fourth-order valence-corrected chi connectivity index (χ4v) is 2.04. The molecule has 1 atom stereocenters. The molecule has 3 N–H and O–H groups in total. The number of amides is 1. The van der Waals surface area contributed by atoms with E-state index in [9.17, 15) is 9.59 Å². The minimum absolute atomic E-state index is 0.0591. The highest BCUT2D eigenvalue weighted by Gasteiger charge is 2.35. The summed E-state index contributed by atoms with van der Waals surface area (Å²) in [5.74, 6) is -1.71. The van der Waals surface area contributed by atoms with Crippen LogP contribution in [0.25, 0.3) is 0 Å². The van der Waals surface area contributed by atoms with E-state index < -0.39 is 11.9 Å². The number of anilines is 2. The van der Waals surface area contributed by atoms with Crippen molar-refractivity contribution in [1.29, 1.82) is 0 Å². The Morgan fingerprint density at radius 1 is 1.53 bits per heavy atom. The van der Waals surface area contributed by atoms with Gasteiger partial charge in [-0.1, -0.05) is 6.07 Å². The molecule has 1 heterocycles. The summed E-state index contributed by atoms with van der Waals surface area (Å²) in [4.78, 5) is 24.2. The van der Waals surface area contributed by atoms with Crippen LogP contribution in [0, 0.1) is 12.8 Å². The molecule has 1 aliphatic heterocycles. The molecule has 0 radical (unpaired) electrons. The number of nitrogens with two attached hydrogens (primary N) is 1. The maximum atomic E-state index is 11.8. The molecule has 1 aromatic rings. The average Bonchev–Trinajstić information content (AvgIpc) is 2.65. The van der Waals surface area contributed by atoms with Crippen molar-refractivity contribution in [2.75, 3.05) is 17.2 Å². The Labute approximate surface area is 98.8 Å². The van der Waals surface area contributed by atoms with Crippen molar-refractivity contribution in [3.05, 3.63) is 23.8 Å². The molecule has 1 amide bonds. The van der Waals surface area contributed by atoms with Crippen LogP contribution in [0.5, 0.6) is 0 Å². The maximum Gasteiger partial charge on any atom is 0.308 e. The third-order valence-corrected chi connectivity index (χ3v) is 3.11. The lowest BCUT2D eigenvalue weighted by molar-refractivity contribution is -0.141. The van der Waals surface area contributed by atoms with E-state index in [1.54, 1.807) is 18.2 Å². The Hall–Kier alpha value is -2.04. The quantitative estimate of drug-likeness (QED) is 0.748. The van der Waals surface area contributed by atoms with Crippen molar-refractivity contribution in [3.63, 3.8) is 0 Å². The van der Waals surface area contributed by atoms with Crippen LogP contribution in [0.3, 0.4) is 0 Å². The third kappa shape index (κ3) is 1.95. The highest BCUT2D eigenvalue weighted by molar-refractivity contribution is 6.00. The van der Waals surface area contributed by atoms with Crippen molar-refractivity contribution >= 4 is 23.3 Å². The molecule has 2 rings (SSSR count). The summed E-state index contributed by atoms with van der Waals surface area (Å²) in [6.07, 6.45) is 0.0591. The van der Waals surface area contributed by atoms with E-state index >= 15 is 0 Å². The minimum Gasteiger partial charge on any atom is -0.481 e. The van der Waals surface area contributed by atoms with Crippen LogP contribution in [0.15, 0.2) is 18.2 Å². The van der Waals surface area contributed by atoms with Crippen molar-refractivity contribution in [3.8, 4) is 0 Å². The molecule has 0 spiro atoms. The normalized spacial score (nSPS) is 19.7. The Morgan fingerprint density at radius 2 is 2.24 bits per heavy atom. The molecule has 1 aromatic carbocycles. The first kappa shape index (κ1) is 11.4. The van der Waals surface area contributed by atoms with Crippen LogP contribution < -0.4 is 10.6 Å². The number of carboxylic acids is 1. The molecule has 5 heteroatoms. The van der Waals surface area contributed by atoms with Crippen molar-refractivity contribution in [1.82, 2.24) is 0 Å². The number of carboxylic acid groups (broad SMARTS) is 1. The lowest BCUT2D eigenvalue weighted by Gasteiger charge is -2.19. The Kier molecular flexibility index (Phi) is 2.75. The minimum atomic E-state index is -0.928. The highest BCUT2D eigenvalue weighted by atomic mass is 16.4. The highest BCUT2D eigenvalue weighted by Crippen LogP contribution is 2.30. The van der Waals surface area contributed by atoms with Gasteiger partial charge in [-0.25, -0.2) is 0 Å². The predicted molar refractivity (Wildman–Crippen MR) is 63.7 cm³/mol. The number of carbonyl (C=O) groups excluding carboxylic acids is 1. The number of aliphatic carboxylic acids is 1. The van der Waals surface area contributed by atoms with Gasteiger partial charge >= 0.3 is 5.97 Å². The van der Waals surface area contributed by atoms with Gasteiger partial charge in [0.25, 0.3) is 0 Å². The van der Waals surface area contributed by atoms with Gasteiger partial charge in [0.1, 0.15) is 0 Å². The van der Waals surface area contributed by atoms with Gasteiger partial charge in [-0.2, -0.15) is 0 Å². The van der Waals surface area contributed by atoms with Crippen LogP contribution in [-0.4, -0.2) is 23.5 Å². The molecule has 0 aromatic heterocycles. The molecular formula is C12H14N2O3. The number of benzene rings is 1. The molecule has 1 saturated heterocycles. The number of nitrogens with zero attached hydrogens (tertiary/aromatic N) is 1. The Morgan fingerprint density at radius 3 is 2.82 bits per heavy atom. The van der Waals surface area contributed by atoms with Gasteiger partial charge in [-0.3, -0.25) is 9.59 Å². The average molecular weight is 234 g/mol. The Balaban J connectivity index is 2.32. The van der Waals surface area contributed by atoms with Gasteiger partial charge < -0.3 is 15.7 Å². The standard InChI is InChI=1S/C12H14N2O3/c1-7-9(13)3-2-4-10(7)14-6-8(12(16)17)5-11(14)15/h2-4,8H,5-6,13H2,1H3,(H,16,17)/t8-/m0/s1. The number of nitrogen functional groups attached to an aromatic ring is 1. The summed E-state index contributed by atoms with van der Waals surface area (Å²) < 4.78 is 0. The summed E-state index contributed by atoms with van der Waals surface area (Å²) in [5.41, 5.74) is 7.90.